The summed E-state index contributed by atoms with van der Waals surface area (Å²) in [4.78, 5) is 23.3. The lowest BCUT2D eigenvalue weighted by Gasteiger charge is -2.26. The Labute approximate surface area is 147 Å². The molecular formula is C20H21N3O2. The number of carbonyl (C=O) groups is 1. The Balaban J connectivity index is 1.84. The third kappa shape index (κ3) is 3.45. The molecule has 0 radical (unpaired) electrons. The van der Waals surface area contributed by atoms with Gasteiger partial charge in [-0.2, -0.15) is 0 Å². The molecule has 2 aromatic carbocycles. The highest BCUT2D eigenvalue weighted by molar-refractivity contribution is 6.04. The Bertz CT molecular complexity index is 890. The summed E-state index contributed by atoms with van der Waals surface area (Å²) in [7, 11) is 3.48. The van der Waals surface area contributed by atoms with Crippen LogP contribution in [-0.4, -0.2) is 41.0 Å². The Kier molecular flexibility index (Phi) is 4.93. The van der Waals surface area contributed by atoms with Crippen LogP contribution in [0, 0.1) is 0 Å². The molecule has 0 unspecified atom stereocenters. The van der Waals surface area contributed by atoms with Gasteiger partial charge in [-0.05, 0) is 37.1 Å². The van der Waals surface area contributed by atoms with Gasteiger partial charge in [0.25, 0.3) is 5.91 Å². The van der Waals surface area contributed by atoms with E-state index in [9.17, 15) is 4.79 Å². The molecule has 1 amide bonds. The number of nitrogens with zero attached hydrogens (tertiary/aromatic N) is 3. The largest absolute Gasteiger partial charge is 0.496 e. The molecule has 0 N–H and O–H groups in total. The van der Waals surface area contributed by atoms with Gasteiger partial charge in [-0.1, -0.05) is 24.3 Å². The van der Waals surface area contributed by atoms with Crippen molar-refractivity contribution in [3.05, 3.63) is 66.0 Å². The number of aromatic nitrogens is 2. The van der Waals surface area contributed by atoms with Crippen molar-refractivity contribution in [1.82, 2.24) is 14.9 Å². The number of benzene rings is 2. The predicted octanol–water partition coefficient (Wildman–Crippen LogP) is 3.34. The fraction of sp³-hybridized carbons (Fsp3) is 0.250. The van der Waals surface area contributed by atoms with E-state index in [1.165, 1.54) is 0 Å². The molecule has 0 spiro atoms. The molecule has 3 aromatic rings. The molecular weight excluding hydrogens is 314 g/mol. The third-order valence-electron chi connectivity index (χ3n) is 4.42. The summed E-state index contributed by atoms with van der Waals surface area (Å²) < 4.78 is 5.41. The number of carbonyl (C=O) groups excluding carboxylic acids is 1. The fourth-order valence-corrected chi connectivity index (χ4v) is 2.88. The molecule has 0 aliphatic carbocycles. The molecule has 0 saturated heterocycles. The van der Waals surface area contributed by atoms with E-state index in [1.54, 1.807) is 30.5 Å². The quantitative estimate of drug-likeness (QED) is 0.717. The Morgan fingerprint density at radius 3 is 2.68 bits per heavy atom. The zero-order chi connectivity index (χ0) is 17.8. The van der Waals surface area contributed by atoms with E-state index in [0.717, 1.165) is 16.8 Å². The number of amides is 1. The van der Waals surface area contributed by atoms with Crippen molar-refractivity contribution < 1.29 is 9.53 Å². The number of rotatable bonds is 5. The van der Waals surface area contributed by atoms with Crippen molar-refractivity contribution >= 4 is 16.9 Å². The van der Waals surface area contributed by atoms with Gasteiger partial charge in [0.15, 0.2) is 0 Å². The van der Waals surface area contributed by atoms with Gasteiger partial charge >= 0.3 is 0 Å². The second kappa shape index (κ2) is 7.30. The van der Waals surface area contributed by atoms with Gasteiger partial charge in [-0.15, -0.1) is 0 Å². The molecule has 128 valence electrons. The average molecular weight is 335 g/mol. The van der Waals surface area contributed by atoms with Crippen LogP contribution in [0.25, 0.3) is 11.0 Å². The van der Waals surface area contributed by atoms with Crippen molar-refractivity contribution in [3.63, 3.8) is 0 Å². The molecule has 1 heterocycles. The van der Waals surface area contributed by atoms with Crippen molar-refractivity contribution in [2.75, 3.05) is 14.2 Å². The maximum Gasteiger partial charge on any atom is 0.256 e. The van der Waals surface area contributed by atoms with E-state index in [2.05, 4.69) is 9.97 Å². The van der Waals surface area contributed by atoms with E-state index < -0.39 is 0 Å². The number of para-hydroxylation sites is 2. The summed E-state index contributed by atoms with van der Waals surface area (Å²) in [5, 5.41) is 0. The minimum absolute atomic E-state index is 0.00993. The lowest BCUT2D eigenvalue weighted by atomic mass is 10.0. The van der Waals surface area contributed by atoms with Crippen LogP contribution in [0.5, 0.6) is 5.75 Å². The molecule has 0 saturated carbocycles. The zero-order valence-electron chi connectivity index (χ0n) is 14.6. The van der Waals surface area contributed by atoms with E-state index in [-0.39, 0.29) is 11.9 Å². The molecule has 0 aliphatic rings. The fourth-order valence-electron chi connectivity index (χ4n) is 2.88. The number of hydrogen-bond acceptors (Lipinski definition) is 4. The third-order valence-corrected chi connectivity index (χ3v) is 4.42. The molecule has 0 aliphatic heterocycles. The minimum atomic E-state index is -0.0616. The lowest BCUT2D eigenvalue weighted by molar-refractivity contribution is 0.0744. The van der Waals surface area contributed by atoms with Gasteiger partial charge in [-0.25, -0.2) is 0 Å². The summed E-state index contributed by atoms with van der Waals surface area (Å²) in [6.07, 6.45) is 3.95. The van der Waals surface area contributed by atoms with Crippen LogP contribution in [0.4, 0.5) is 0 Å². The van der Waals surface area contributed by atoms with E-state index in [1.807, 2.05) is 50.4 Å². The molecule has 5 nitrogen and oxygen atoms in total. The van der Waals surface area contributed by atoms with Crippen LogP contribution < -0.4 is 4.74 Å². The Hall–Kier alpha value is -2.95. The van der Waals surface area contributed by atoms with Gasteiger partial charge in [0, 0.05) is 25.5 Å². The highest BCUT2D eigenvalue weighted by Gasteiger charge is 2.21. The van der Waals surface area contributed by atoms with Crippen LogP contribution in [0.2, 0.25) is 0 Å². The topological polar surface area (TPSA) is 55.3 Å². The van der Waals surface area contributed by atoms with Gasteiger partial charge in [0.05, 0.1) is 18.2 Å². The highest BCUT2D eigenvalue weighted by Crippen LogP contribution is 2.22. The number of likely N-dealkylation sites (N-methyl/N-ethyl adjacent to an activating group) is 1. The summed E-state index contributed by atoms with van der Waals surface area (Å²) >= 11 is 0. The van der Waals surface area contributed by atoms with Crippen molar-refractivity contribution in [3.8, 4) is 5.75 Å². The molecule has 0 bridgehead atoms. The summed E-state index contributed by atoms with van der Waals surface area (Å²) in [6, 6.07) is 13.4. The first kappa shape index (κ1) is 16.9. The molecule has 0 fully saturated rings. The van der Waals surface area contributed by atoms with Crippen LogP contribution in [-0.2, 0) is 6.42 Å². The second-order valence-electron chi connectivity index (χ2n) is 6.01. The predicted molar refractivity (Wildman–Crippen MR) is 97.8 cm³/mol. The standard InChI is InChI=1S/C20H21N3O2/c1-14(13-15-7-4-5-10-18(15)25-3)23(2)20(24)16-8-6-9-17-19(16)22-12-11-21-17/h4-12,14H,13H2,1-3H3/t14-/m0/s1. The number of fused-ring (bicyclic) bond motifs is 1. The van der Waals surface area contributed by atoms with E-state index in [4.69, 9.17) is 4.74 Å². The number of ether oxygens (including phenoxy) is 1. The molecule has 3 rings (SSSR count). The molecule has 1 aromatic heterocycles. The maximum atomic E-state index is 13.0. The molecule has 1 atom stereocenters. The minimum Gasteiger partial charge on any atom is -0.496 e. The SMILES string of the molecule is COc1ccccc1C[C@H](C)N(C)C(=O)c1cccc2nccnc12. The monoisotopic (exact) mass is 335 g/mol. The Morgan fingerprint density at radius 2 is 1.88 bits per heavy atom. The van der Waals surface area contributed by atoms with Gasteiger partial charge < -0.3 is 9.64 Å². The van der Waals surface area contributed by atoms with Crippen LogP contribution >= 0.6 is 0 Å². The van der Waals surface area contributed by atoms with E-state index >= 15 is 0 Å². The zero-order valence-corrected chi connectivity index (χ0v) is 14.6. The van der Waals surface area contributed by atoms with Gasteiger partial charge in [0.2, 0.25) is 0 Å². The van der Waals surface area contributed by atoms with Gasteiger partial charge in [-0.3, -0.25) is 14.8 Å². The normalized spacial score (nSPS) is 12.0. The van der Waals surface area contributed by atoms with Crippen molar-refractivity contribution in [2.24, 2.45) is 0 Å². The molecule has 5 heteroatoms. The maximum absolute atomic E-state index is 13.0. The van der Waals surface area contributed by atoms with E-state index in [0.29, 0.717) is 17.5 Å². The van der Waals surface area contributed by atoms with Gasteiger partial charge in [0.1, 0.15) is 11.3 Å². The highest BCUT2D eigenvalue weighted by atomic mass is 16.5. The first-order valence-electron chi connectivity index (χ1n) is 8.20. The summed E-state index contributed by atoms with van der Waals surface area (Å²) in [6.45, 7) is 2.03. The Morgan fingerprint density at radius 1 is 1.12 bits per heavy atom. The number of methoxy groups -OCH3 is 1. The molecule has 25 heavy (non-hydrogen) atoms. The lowest BCUT2D eigenvalue weighted by Crippen LogP contribution is -2.36. The second-order valence-corrected chi connectivity index (χ2v) is 6.01. The summed E-state index contributed by atoms with van der Waals surface area (Å²) in [5.74, 6) is 0.778. The number of hydrogen-bond donors (Lipinski definition) is 0. The average Bonchev–Trinajstić information content (AvgIpc) is 2.66. The summed E-state index contributed by atoms with van der Waals surface area (Å²) in [5.41, 5.74) is 3.00. The van der Waals surface area contributed by atoms with Crippen molar-refractivity contribution in [2.45, 2.75) is 19.4 Å². The first-order valence-corrected chi connectivity index (χ1v) is 8.20. The smallest absolute Gasteiger partial charge is 0.256 e. The van der Waals surface area contributed by atoms with Crippen LogP contribution in [0.15, 0.2) is 54.9 Å². The van der Waals surface area contributed by atoms with Crippen LogP contribution in [0.3, 0.4) is 0 Å². The van der Waals surface area contributed by atoms with Crippen LogP contribution in [0.1, 0.15) is 22.8 Å². The van der Waals surface area contributed by atoms with Crippen molar-refractivity contribution in [1.29, 1.82) is 0 Å². The first-order chi connectivity index (χ1) is 12.1.